The van der Waals surface area contributed by atoms with Crippen molar-refractivity contribution in [3.8, 4) is 23.6 Å². The third-order valence-corrected chi connectivity index (χ3v) is 5.78. The number of nitrogens with zero attached hydrogens (tertiary/aromatic N) is 2. The summed E-state index contributed by atoms with van der Waals surface area (Å²) in [6.07, 6.45) is 1.77. The van der Waals surface area contributed by atoms with Crippen LogP contribution in [0.4, 0.5) is 0 Å². The van der Waals surface area contributed by atoms with Gasteiger partial charge in [-0.1, -0.05) is 41.4 Å². The zero-order valence-electron chi connectivity index (χ0n) is 16.3. The van der Waals surface area contributed by atoms with Crippen LogP contribution in [0.15, 0.2) is 54.6 Å². The lowest BCUT2D eigenvalue weighted by molar-refractivity contribution is 0.282. The van der Waals surface area contributed by atoms with Gasteiger partial charge in [0.05, 0.1) is 34.0 Å². The van der Waals surface area contributed by atoms with Crippen molar-refractivity contribution in [1.82, 2.24) is 0 Å². The molecular formula is C24H15Cl2IN2O2. The summed E-state index contributed by atoms with van der Waals surface area (Å²) < 4.78 is 12.3. The zero-order chi connectivity index (χ0) is 22.4. The minimum Gasteiger partial charge on any atom is -0.493 e. The van der Waals surface area contributed by atoms with Crippen LogP contribution in [0, 0.1) is 26.2 Å². The summed E-state index contributed by atoms with van der Waals surface area (Å²) in [5.41, 5.74) is 3.34. The van der Waals surface area contributed by atoms with Crippen LogP contribution < -0.4 is 9.47 Å². The van der Waals surface area contributed by atoms with Crippen LogP contribution in [0.25, 0.3) is 11.6 Å². The largest absolute Gasteiger partial charge is 0.493 e. The van der Waals surface area contributed by atoms with Gasteiger partial charge in [-0.05, 0) is 76.2 Å². The molecule has 0 unspecified atom stereocenters. The van der Waals surface area contributed by atoms with Crippen LogP contribution in [0.1, 0.15) is 22.3 Å². The van der Waals surface area contributed by atoms with E-state index < -0.39 is 0 Å². The number of hydrogen-bond donors (Lipinski definition) is 0. The monoisotopic (exact) mass is 560 g/mol. The summed E-state index contributed by atoms with van der Waals surface area (Å²) >= 11 is 14.3. The van der Waals surface area contributed by atoms with Crippen molar-refractivity contribution in [3.63, 3.8) is 0 Å². The molecule has 31 heavy (non-hydrogen) atoms. The van der Waals surface area contributed by atoms with Crippen molar-refractivity contribution < 1.29 is 9.47 Å². The molecule has 0 aromatic heterocycles. The number of halogens is 3. The van der Waals surface area contributed by atoms with Crippen LogP contribution in [-0.4, -0.2) is 7.11 Å². The van der Waals surface area contributed by atoms with Crippen molar-refractivity contribution in [2.24, 2.45) is 0 Å². The molecule has 0 aliphatic rings. The van der Waals surface area contributed by atoms with Crippen LogP contribution >= 0.6 is 45.8 Å². The van der Waals surface area contributed by atoms with Gasteiger partial charge in [0.15, 0.2) is 11.5 Å². The Hall–Kier alpha value is -2.71. The van der Waals surface area contributed by atoms with Crippen molar-refractivity contribution in [1.29, 1.82) is 10.5 Å². The van der Waals surface area contributed by atoms with Gasteiger partial charge in [-0.25, -0.2) is 0 Å². The molecule has 3 aromatic carbocycles. The first kappa shape index (κ1) is 23.0. The Morgan fingerprint density at radius 1 is 1.06 bits per heavy atom. The molecule has 0 aliphatic carbocycles. The maximum atomic E-state index is 9.61. The van der Waals surface area contributed by atoms with Gasteiger partial charge in [-0.2, -0.15) is 10.5 Å². The Kier molecular flexibility index (Phi) is 7.81. The van der Waals surface area contributed by atoms with E-state index in [1.165, 1.54) is 0 Å². The third-order valence-electron chi connectivity index (χ3n) is 4.40. The topological polar surface area (TPSA) is 66.0 Å². The minimum atomic E-state index is 0.256. The first-order valence-electron chi connectivity index (χ1n) is 9.01. The standard InChI is InChI=1S/C24H15Cl2IN2O2/c1-30-23-10-16(8-19(13-29)17-4-2-15(12-28)3-5-17)9-22(27)24(23)31-14-18-6-7-20(25)11-21(18)26/h2-11H,14H2,1H3/b19-8-. The van der Waals surface area contributed by atoms with Crippen LogP contribution in [0.5, 0.6) is 11.5 Å². The molecule has 0 saturated carbocycles. The highest BCUT2D eigenvalue weighted by atomic mass is 127. The molecule has 0 saturated heterocycles. The van der Waals surface area contributed by atoms with E-state index in [9.17, 15) is 5.26 Å². The van der Waals surface area contributed by atoms with E-state index in [1.807, 2.05) is 18.2 Å². The lowest BCUT2D eigenvalue weighted by Crippen LogP contribution is -2.01. The summed E-state index contributed by atoms with van der Waals surface area (Å²) in [5.74, 6) is 1.13. The van der Waals surface area contributed by atoms with Gasteiger partial charge >= 0.3 is 0 Å². The minimum absolute atomic E-state index is 0.256. The Balaban J connectivity index is 1.89. The van der Waals surface area contributed by atoms with E-state index in [-0.39, 0.29) is 6.61 Å². The van der Waals surface area contributed by atoms with Crippen LogP contribution in [0.3, 0.4) is 0 Å². The first-order chi connectivity index (χ1) is 14.9. The van der Waals surface area contributed by atoms with Gasteiger partial charge in [0.1, 0.15) is 6.61 Å². The Bertz CT molecular complexity index is 1230. The molecule has 7 heteroatoms. The van der Waals surface area contributed by atoms with Crippen molar-refractivity contribution in [3.05, 3.63) is 90.5 Å². The fraction of sp³-hybridized carbons (Fsp3) is 0.0833. The molecule has 0 heterocycles. The smallest absolute Gasteiger partial charge is 0.174 e. The lowest BCUT2D eigenvalue weighted by Gasteiger charge is -2.14. The maximum Gasteiger partial charge on any atom is 0.174 e. The molecule has 0 N–H and O–H groups in total. The fourth-order valence-corrected chi connectivity index (χ4v) is 4.07. The molecule has 154 valence electrons. The second-order valence-electron chi connectivity index (χ2n) is 6.42. The number of allylic oxidation sites excluding steroid dienone is 1. The number of hydrogen-bond acceptors (Lipinski definition) is 4. The number of nitriles is 2. The highest BCUT2D eigenvalue weighted by Crippen LogP contribution is 2.36. The molecular weight excluding hydrogens is 546 g/mol. The summed E-state index contributed by atoms with van der Waals surface area (Å²) in [6.45, 7) is 0.256. The Morgan fingerprint density at radius 2 is 1.81 bits per heavy atom. The molecule has 0 spiro atoms. The average Bonchev–Trinajstić information content (AvgIpc) is 2.77. The fourth-order valence-electron chi connectivity index (χ4n) is 2.82. The zero-order valence-corrected chi connectivity index (χ0v) is 20.0. The highest BCUT2D eigenvalue weighted by Gasteiger charge is 2.13. The summed E-state index contributed by atoms with van der Waals surface area (Å²) in [4.78, 5) is 0. The third kappa shape index (κ3) is 5.71. The number of ether oxygens (including phenoxy) is 2. The SMILES string of the molecule is COc1cc(/C=C(/C#N)c2ccc(C#N)cc2)cc(I)c1OCc1ccc(Cl)cc1Cl. The predicted molar refractivity (Wildman–Crippen MR) is 131 cm³/mol. The summed E-state index contributed by atoms with van der Waals surface area (Å²) in [7, 11) is 1.56. The Labute approximate surface area is 204 Å². The first-order valence-corrected chi connectivity index (χ1v) is 10.8. The van der Waals surface area contributed by atoms with Crippen LogP contribution in [0.2, 0.25) is 10.0 Å². The molecule has 4 nitrogen and oxygen atoms in total. The van der Waals surface area contributed by atoms with E-state index in [1.54, 1.807) is 49.6 Å². The van der Waals surface area contributed by atoms with Gasteiger partial charge in [-0.15, -0.1) is 0 Å². The number of rotatable bonds is 6. The van der Waals surface area contributed by atoms with Gasteiger partial charge < -0.3 is 9.47 Å². The van der Waals surface area contributed by atoms with Crippen molar-refractivity contribution >= 4 is 57.4 Å². The number of benzene rings is 3. The lowest BCUT2D eigenvalue weighted by atomic mass is 10.0. The molecule has 0 aliphatic heterocycles. The quantitative estimate of drug-likeness (QED) is 0.183. The molecule has 0 bridgehead atoms. The Morgan fingerprint density at radius 3 is 2.42 bits per heavy atom. The molecule has 0 fully saturated rings. The number of methoxy groups -OCH3 is 1. The molecule has 3 rings (SSSR count). The van der Waals surface area contributed by atoms with Gasteiger partial charge in [-0.3, -0.25) is 0 Å². The van der Waals surface area contributed by atoms with E-state index in [0.29, 0.717) is 32.7 Å². The second-order valence-corrected chi connectivity index (χ2v) is 8.42. The van der Waals surface area contributed by atoms with E-state index >= 15 is 0 Å². The van der Waals surface area contributed by atoms with Gasteiger partial charge in [0.2, 0.25) is 0 Å². The highest BCUT2D eigenvalue weighted by molar-refractivity contribution is 14.1. The van der Waals surface area contributed by atoms with E-state index in [4.69, 9.17) is 37.9 Å². The molecule has 3 aromatic rings. The van der Waals surface area contributed by atoms with Crippen molar-refractivity contribution in [2.75, 3.05) is 7.11 Å². The summed E-state index contributed by atoms with van der Waals surface area (Å²) in [5, 5.41) is 19.7. The molecule has 0 amide bonds. The van der Waals surface area contributed by atoms with E-state index in [0.717, 1.165) is 20.3 Å². The van der Waals surface area contributed by atoms with E-state index in [2.05, 4.69) is 34.7 Å². The average molecular weight is 561 g/mol. The van der Waals surface area contributed by atoms with Crippen molar-refractivity contribution in [2.45, 2.75) is 6.61 Å². The van der Waals surface area contributed by atoms with Gasteiger partial charge in [0.25, 0.3) is 0 Å². The second kappa shape index (κ2) is 10.5. The summed E-state index contributed by atoms with van der Waals surface area (Å²) in [6, 6.07) is 20.1. The normalized spacial score (nSPS) is 10.8. The van der Waals surface area contributed by atoms with Crippen LogP contribution in [-0.2, 0) is 6.61 Å². The predicted octanol–water partition coefficient (Wildman–Crippen LogP) is 7.12. The molecule has 0 radical (unpaired) electrons. The van der Waals surface area contributed by atoms with Gasteiger partial charge in [0, 0.05) is 15.6 Å². The molecule has 0 atom stereocenters. The maximum absolute atomic E-state index is 9.61.